The molecule has 0 amide bonds. The van der Waals surface area contributed by atoms with Crippen LogP contribution < -0.4 is 0 Å². The van der Waals surface area contributed by atoms with Crippen LogP contribution in [0.25, 0.3) is 0 Å². The van der Waals surface area contributed by atoms with Crippen molar-refractivity contribution in [1.29, 1.82) is 0 Å². The van der Waals surface area contributed by atoms with Crippen molar-refractivity contribution in [3.8, 4) is 0 Å². The van der Waals surface area contributed by atoms with E-state index < -0.39 is 12.4 Å². The molecule has 0 saturated carbocycles. The lowest BCUT2D eigenvalue weighted by Gasteiger charge is -2.08. The number of aromatic nitrogens is 1. The molecule has 0 N–H and O–H groups in total. The number of ether oxygens (including phenoxy) is 1. The minimum atomic E-state index is -2.65. The Morgan fingerprint density at radius 2 is 2.18 bits per heavy atom. The molecule has 1 aromatic rings. The Hall–Kier alpha value is -0.560. The highest BCUT2D eigenvalue weighted by molar-refractivity contribution is 9.11. The van der Waals surface area contributed by atoms with Crippen LogP contribution in [0.4, 0.5) is 8.78 Å². The number of rotatable bonds is 4. The second-order valence-corrected chi connectivity index (χ2v) is 4.69. The van der Waals surface area contributed by atoms with Gasteiger partial charge in [0.1, 0.15) is 10.3 Å². The fourth-order valence-electron chi connectivity index (χ4n) is 1.15. The minimum absolute atomic E-state index is 0.0223. The molecule has 1 rings (SSSR count). The number of hydrogen-bond donors (Lipinski definition) is 0. The third kappa shape index (κ3) is 3.99. The number of carbonyl (C=O) groups excluding carboxylic acids is 1. The summed E-state index contributed by atoms with van der Waals surface area (Å²) in [6, 6.07) is 1.20. The first-order valence-electron chi connectivity index (χ1n) is 4.74. The van der Waals surface area contributed by atoms with Gasteiger partial charge in [0.25, 0.3) is 6.43 Å². The quantitative estimate of drug-likeness (QED) is 0.598. The van der Waals surface area contributed by atoms with Gasteiger partial charge in [-0.05, 0) is 28.9 Å². The van der Waals surface area contributed by atoms with Gasteiger partial charge in [-0.15, -0.1) is 0 Å². The van der Waals surface area contributed by atoms with E-state index in [0.717, 1.165) is 0 Å². The van der Waals surface area contributed by atoms with Crippen LogP contribution in [0.2, 0.25) is 0 Å². The lowest BCUT2D eigenvalue weighted by molar-refractivity contribution is -0.142. The Morgan fingerprint density at radius 1 is 1.53 bits per heavy atom. The van der Waals surface area contributed by atoms with Gasteiger partial charge in [0.2, 0.25) is 0 Å². The van der Waals surface area contributed by atoms with E-state index in [1.165, 1.54) is 6.07 Å². The summed E-state index contributed by atoms with van der Waals surface area (Å²) in [5.41, 5.74) is 0.143. The smallest absolute Gasteiger partial charge is 0.310 e. The number of esters is 1. The zero-order valence-corrected chi connectivity index (χ0v) is 12.0. The molecule has 1 heterocycles. The molecule has 0 aliphatic heterocycles. The molecule has 0 radical (unpaired) electrons. The highest BCUT2D eigenvalue weighted by Gasteiger charge is 2.17. The van der Waals surface area contributed by atoms with Crippen LogP contribution in [0.1, 0.15) is 24.6 Å². The van der Waals surface area contributed by atoms with E-state index in [2.05, 4.69) is 36.8 Å². The molecular weight excluding hydrogens is 364 g/mol. The topological polar surface area (TPSA) is 39.2 Å². The summed E-state index contributed by atoms with van der Waals surface area (Å²) in [4.78, 5) is 15.0. The number of carbonyl (C=O) groups is 1. The Morgan fingerprint density at radius 3 is 2.65 bits per heavy atom. The number of hydrogen-bond acceptors (Lipinski definition) is 3. The van der Waals surface area contributed by atoms with Crippen LogP contribution >= 0.6 is 31.9 Å². The van der Waals surface area contributed by atoms with E-state index in [1.807, 2.05) is 0 Å². The molecule has 0 aliphatic carbocycles. The van der Waals surface area contributed by atoms with Gasteiger partial charge < -0.3 is 4.74 Å². The van der Waals surface area contributed by atoms with Crippen molar-refractivity contribution in [2.24, 2.45) is 0 Å². The average molecular weight is 373 g/mol. The number of halogens is 4. The van der Waals surface area contributed by atoms with Crippen molar-refractivity contribution >= 4 is 37.8 Å². The Labute approximate surface area is 114 Å². The first-order valence-corrected chi connectivity index (χ1v) is 6.32. The highest BCUT2D eigenvalue weighted by atomic mass is 79.9. The van der Waals surface area contributed by atoms with Gasteiger partial charge >= 0.3 is 5.97 Å². The van der Waals surface area contributed by atoms with Gasteiger partial charge in [-0.3, -0.25) is 4.79 Å². The average Bonchev–Trinajstić information content (AvgIpc) is 2.23. The van der Waals surface area contributed by atoms with E-state index in [-0.39, 0.29) is 23.3 Å². The second kappa shape index (κ2) is 6.39. The zero-order valence-electron chi connectivity index (χ0n) is 8.84. The lowest BCUT2D eigenvalue weighted by atomic mass is 10.2. The molecule has 0 aliphatic rings. The number of pyridine rings is 1. The maximum atomic E-state index is 12.4. The molecule has 0 atom stereocenters. The maximum absolute atomic E-state index is 12.4. The Kier molecular flexibility index (Phi) is 5.45. The maximum Gasteiger partial charge on any atom is 0.310 e. The van der Waals surface area contributed by atoms with E-state index >= 15 is 0 Å². The molecule has 7 heteroatoms. The number of nitrogens with zero attached hydrogens (tertiary/aromatic N) is 1. The van der Waals surface area contributed by atoms with Crippen LogP contribution in [-0.2, 0) is 16.0 Å². The van der Waals surface area contributed by atoms with Crippen molar-refractivity contribution in [1.82, 2.24) is 4.98 Å². The third-order valence-electron chi connectivity index (χ3n) is 1.89. The molecule has 0 spiro atoms. The van der Waals surface area contributed by atoms with Crippen LogP contribution in [0.3, 0.4) is 0 Å². The van der Waals surface area contributed by atoms with Gasteiger partial charge in [0.05, 0.1) is 13.0 Å². The Bertz CT molecular complexity index is 404. The number of alkyl halides is 2. The summed E-state index contributed by atoms with van der Waals surface area (Å²) in [5, 5.41) is 0. The molecule has 1 aromatic heterocycles. The second-order valence-electron chi connectivity index (χ2n) is 3.08. The van der Waals surface area contributed by atoms with E-state index in [9.17, 15) is 13.6 Å². The van der Waals surface area contributed by atoms with Gasteiger partial charge in [-0.25, -0.2) is 13.8 Å². The molecule has 0 saturated heterocycles. The predicted molar refractivity (Wildman–Crippen MR) is 64.9 cm³/mol. The predicted octanol–water partition coefficient (Wildman–Crippen LogP) is 3.65. The van der Waals surface area contributed by atoms with Gasteiger partial charge in [0.15, 0.2) is 0 Å². The zero-order chi connectivity index (χ0) is 13.0. The molecule has 0 unspecified atom stereocenters. The van der Waals surface area contributed by atoms with Gasteiger partial charge in [-0.1, -0.05) is 15.9 Å². The molecule has 3 nitrogen and oxygen atoms in total. The minimum Gasteiger partial charge on any atom is -0.466 e. The SMILES string of the molecule is CCOC(=O)Cc1c(Br)cc(C(F)F)nc1Br. The molecule has 17 heavy (non-hydrogen) atoms. The monoisotopic (exact) mass is 371 g/mol. The molecule has 0 aromatic carbocycles. The largest absolute Gasteiger partial charge is 0.466 e. The first-order chi connectivity index (χ1) is 7.95. The van der Waals surface area contributed by atoms with Crippen LogP contribution in [-0.4, -0.2) is 17.6 Å². The normalized spacial score (nSPS) is 10.7. The molecule has 0 fully saturated rings. The van der Waals surface area contributed by atoms with Crippen LogP contribution in [0, 0.1) is 0 Å². The Balaban J connectivity index is 2.97. The first kappa shape index (κ1) is 14.5. The summed E-state index contributed by atoms with van der Waals surface area (Å²) in [5.74, 6) is -0.430. The van der Waals surface area contributed by atoms with Crippen LogP contribution in [0.5, 0.6) is 0 Å². The van der Waals surface area contributed by atoms with Gasteiger partial charge in [0, 0.05) is 10.0 Å². The van der Waals surface area contributed by atoms with Crippen molar-refractivity contribution in [2.75, 3.05) is 6.61 Å². The fourth-order valence-corrected chi connectivity index (χ4v) is 2.54. The summed E-state index contributed by atoms with van der Waals surface area (Å²) in [6.45, 7) is 1.97. The van der Waals surface area contributed by atoms with Crippen molar-refractivity contribution < 1.29 is 18.3 Å². The standard InChI is InChI=1S/C10H9Br2F2NO2/c1-2-17-8(16)3-5-6(11)4-7(10(13)14)15-9(5)12/h4,10H,2-3H2,1H3. The van der Waals surface area contributed by atoms with Crippen molar-refractivity contribution in [3.63, 3.8) is 0 Å². The van der Waals surface area contributed by atoms with E-state index in [1.54, 1.807) is 6.92 Å². The summed E-state index contributed by atoms with van der Waals surface area (Å²) in [7, 11) is 0. The highest BCUT2D eigenvalue weighted by Crippen LogP contribution is 2.29. The third-order valence-corrected chi connectivity index (χ3v) is 3.25. The fraction of sp³-hybridized carbons (Fsp3) is 0.400. The van der Waals surface area contributed by atoms with Crippen LogP contribution in [0.15, 0.2) is 15.1 Å². The summed E-state index contributed by atoms with van der Waals surface area (Å²) >= 11 is 6.20. The van der Waals surface area contributed by atoms with Crippen molar-refractivity contribution in [2.45, 2.75) is 19.8 Å². The molecule has 94 valence electrons. The molecular formula is C10H9Br2F2NO2. The molecule has 0 bridgehead atoms. The summed E-state index contributed by atoms with van der Waals surface area (Å²) in [6.07, 6.45) is -2.68. The lowest BCUT2D eigenvalue weighted by Crippen LogP contribution is -2.09. The van der Waals surface area contributed by atoms with E-state index in [0.29, 0.717) is 10.0 Å². The van der Waals surface area contributed by atoms with Gasteiger partial charge in [-0.2, -0.15) is 0 Å². The van der Waals surface area contributed by atoms with E-state index in [4.69, 9.17) is 4.74 Å². The summed E-state index contributed by atoms with van der Waals surface area (Å²) < 4.78 is 30.3. The van der Waals surface area contributed by atoms with Crippen molar-refractivity contribution in [3.05, 3.63) is 26.4 Å².